The van der Waals surface area contributed by atoms with Crippen molar-refractivity contribution in [2.24, 2.45) is 0 Å². The molecular weight excluding hydrogens is 330 g/mol. The lowest BCUT2D eigenvalue weighted by Crippen LogP contribution is -1.90. The molecule has 2 aromatic carbocycles. The van der Waals surface area contributed by atoms with Crippen molar-refractivity contribution >= 4 is 17.4 Å². The Hall–Kier alpha value is -2.87. The maximum atomic E-state index is 10.7. The average molecular weight is 343 g/mol. The zero-order valence-electron chi connectivity index (χ0n) is 12.6. The Kier molecular flexibility index (Phi) is 4.48. The predicted octanol–water partition coefficient (Wildman–Crippen LogP) is 4.20. The van der Waals surface area contributed by atoms with Gasteiger partial charge in [0.05, 0.1) is 15.7 Å². The minimum absolute atomic E-state index is 0.0478. The highest BCUT2D eigenvalue weighted by molar-refractivity contribution is 7.99. The second-order valence-corrected chi connectivity index (χ2v) is 6.39. The molecule has 0 saturated heterocycles. The van der Waals surface area contributed by atoms with Crippen LogP contribution in [-0.2, 0) is 0 Å². The van der Waals surface area contributed by atoms with E-state index in [0.717, 1.165) is 4.90 Å². The summed E-state index contributed by atoms with van der Waals surface area (Å²) in [4.78, 5) is 11.1. The highest BCUT2D eigenvalue weighted by Crippen LogP contribution is 2.36. The zero-order valence-corrected chi connectivity index (χ0v) is 13.4. The van der Waals surface area contributed by atoms with Gasteiger partial charge in [-0.2, -0.15) is 0 Å². The van der Waals surface area contributed by atoms with Gasteiger partial charge < -0.3 is 9.52 Å². The van der Waals surface area contributed by atoms with E-state index < -0.39 is 4.92 Å². The number of hydrogen-bond donors (Lipinski definition) is 1. The summed E-state index contributed by atoms with van der Waals surface area (Å²) in [6.07, 6.45) is 0. The lowest BCUT2D eigenvalue weighted by molar-refractivity contribution is -0.384. The summed E-state index contributed by atoms with van der Waals surface area (Å²) in [6, 6.07) is 13.0. The molecule has 0 bridgehead atoms. The van der Waals surface area contributed by atoms with E-state index in [0.29, 0.717) is 11.5 Å². The number of nitrogens with zero attached hydrogens (tertiary/aromatic N) is 3. The number of benzene rings is 2. The summed E-state index contributed by atoms with van der Waals surface area (Å²) in [6.45, 7) is 1.90. The lowest BCUT2D eigenvalue weighted by atomic mass is 10.2. The van der Waals surface area contributed by atoms with E-state index in [4.69, 9.17) is 4.42 Å². The van der Waals surface area contributed by atoms with Crippen LogP contribution in [0.15, 0.2) is 57.8 Å². The molecule has 0 aliphatic carbocycles. The van der Waals surface area contributed by atoms with E-state index in [2.05, 4.69) is 10.2 Å². The van der Waals surface area contributed by atoms with Crippen LogP contribution in [-0.4, -0.2) is 20.2 Å². The highest BCUT2D eigenvalue weighted by Gasteiger charge is 2.18. The molecule has 0 unspecified atom stereocenters. The van der Waals surface area contributed by atoms with Gasteiger partial charge in [0.15, 0.2) is 0 Å². The van der Waals surface area contributed by atoms with Crippen LogP contribution in [0.25, 0.3) is 11.5 Å². The minimum Gasteiger partial charge on any atom is -0.507 e. The van der Waals surface area contributed by atoms with E-state index in [-0.39, 0.29) is 22.6 Å². The Morgan fingerprint density at radius 3 is 2.54 bits per heavy atom. The summed E-state index contributed by atoms with van der Waals surface area (Å²) < 4.78 is 5.64. The van der Waals surface area contributed by atoms with E-state index in [1.807, 2.05) is 6.92 Å². The number of thioether (sulfide) groups is 1. The summed E-state index contributed by atoms with van der Waals surface area (Å²) in [7, 11) is 0. The van der Waals surface area contributed by atoms with Gasteiger partial charge >= 0.3 is 0 Å². The molecule has 0 aliphatic heterocycles. The first kappa shape index (κ1) is 16.0. The molecule has 1 aromatic heterocycles. The number of aromatic nitrogens is 2. The molecule has 0 amide bonds. The van der Waals surface area contributed by atoms with Crippen LogP contribution in [0.2, 0.25) is 0 Å². The number of aromatic hydroxyl groups is 1. The number of non-ortho nitro benzene ring substituents is 1. The maximum absolute atomic E-state index is 10.7. The number of rotatable bonds is 5. The van der Waals surface area contributed by atoms with Crippen LogP contribution < -0.4 is 0 Å². The van der Waals surface area contributed by atoms with E-state index in [9.17, 15) is 15.2 Å². The first-order chi connectivity index (χ1) is 11.5. The molecule has 0 radical (unpaired) electrons. The molecule has 122 valence electrons. The van der Waals surface area contributed by atoms with Gasteiger partial charge in [0.2, 0.25) is 5.89 Å². The van der Waals surface area contributed by atoms with Gasteiger partial charge in [-0.05, 0) is 31.2 Å². The topological polar surface area (TPSA) is 102 Å². The van der Waals surface area contributed by atoms with Crippen LogP contribution in [0.3, 0.4) is 0 Å². The van der Waals surface area contributed by atoms with Gasteiger partial charge in [-0.25, -0.2) is 0 Å². The van der Waals surface area contributed by atoms with Gasteiger partial charge in [0, 0.05) is 17.0 Å². The molecule has 8 heteroatoms. The van der Waals surface area contributed by atoms with Gasteiger partial charge in [-0.1, -0.05) is 12.1 Å². The summed E-state index contributed by atoms with van der Waals surface area (Å²) in [5.41, 5.74) is 0.524. The number of nitro groups is 1. The van der Waals surface area contributed by atoms with E-state index in [1.54, 1.807) is 36.4 Å². The van der Waals surface area contributed by atoms with E-state index in [1.165, 1.54) is 23.9 Å². The Balaban J connectivity index is 1.75. The average Bonchev–Trinajstić information content (AvgIpc) is 3.05. The number of hydrogen-bond acceptors (Lipinski definition) is 7. The molecule has 0 spiro atoms. The predicted molar refractivity (Wildman–Crippen MR) is 88.8 cm³/mol. The summed E-state index contributed by atoms with van der Waals surface area (Å²) in [5.74, 6) is 0.735. The number of para-hydroxylation sites is 1. The van der Waals surface area contributed by atoms with Gasteiger partial charge in [0.25, 0.3) is 11.6 Å². The molecule has 3 aromatic rings. The molecule has 1 atom stereocenters. The van der Waals surface area contributed by atoms with Crippen molar-refractivity contribution < 1.29 is 14.4 Å². The molecule has 24 heavy (non-hydrogen) atoms. The van der Waals surface area contributed by atoms with Crippen LogP contribution in [0, 0.1) is 10.1 Å². The largest absolute Gasteiger partial charge is 0.507 e. The quantitative estimate of drug-likeness (QED) is 0.420. The lowest BCUT2D eigenvalue weighted by Gasteiger charge is -2.06. The third-order valence-electron chi connectivity index (χ3n) is 3.28. The SMILES string of the molecule is C[C@H](Sc1ccc([N+](=O)[O-])cc1)c1nnc(-c2ccccc2O)o1. The molecule has 7 nitrogen and oxygen atoms in total. The standard InChI is InChI=1S/C16H13N3O4S/c1-10(24-12-8-6-11(7-9-12)19(21)22)15-17-18-16(23-15)13-4-2-3-5-14(13)20/h2-10,20H,1H3/t10-/m0/s1. The van der Waals surface area contributed by atoms with Crippen molar-refractivity contribution in [3.8, 4) is 17.2 Å². The fourth-order valence-corrected chi connectivity index (χ4v) is 2.96. The smallest absolute Gasteiger partial charge is 0.269 e. The monoisotopic (exact) mass is 343 g/mol. The minimum atomic E-state index is -0.436. The molecule has 3 rings (SSSR count). The van der Waals surface area contributed by atoms with E-state index >= 15 is 0 Å². The van der Waals surface area contributed by atoms with Crippen LogP contribution in [0.5, 0.6) is 5.75 Å². The molecule has 0 aliphatic rings. The summed E-state index contributed by atoms with van der Waals surface area (Å²) in [5, 5.41) is 28.3. The fraction of sp³-hybridized carbons (Fsp3) is 0.125. The van der Waals surface area contributed by atoms with Crippen molar-refractivity contribution in [2.45, 2.75) is 17.1 Å². The highest BCUT2D eigenvalue weighted by atomic mass is 32.2. The molecule has 0 saturated carbocycles. The van der Waals surface area contributed by atoms with Crippen molar-refractivity contribution in [3.05, 3.63) is 64.5 Å². The molecular formula is C16H13N3O4S. The number of nitro benzene ring substituents is 1. The second-order valence-electron chi connectivity index (χ2n) is 4.97. The summed E-state index contributed by atoms with van der Waals surface area (Å²) >= 11 is 1.45. The fourth-order valence-electron chi connectivity index (χ4n) is 2.06. The third-order valence-corrected chi connectivity index (χ3v) is 4.38. The van der Waals surface area contributed by atoms with Crippen molar-refractivity contribution in [1.29, 1.82) is 0 Å². The molecule has 0 fully saturated rings. The molecule has 1 heterocycles. The van der Waals surface area contributed by atoms with Gasteiger partial charge in [0.1, 0.15) is 5.75 Å². The number of phenolic OH excluding ortho intramolecular Hbond substituents is 1. The Labute approximate surface area is 141 Å². The van der Waals surface area contributed by atoms with Crippen LogP contribution in [0.4, 0.5) is 5.69 Å². The van der Waals surface area contributed by atoms with Crippen LogP contribution in [0.1, 0.15) is 18.1 Å². The van der Waals surface area contributed by atoms with Crippen molar-refractivity contribution in [1.82, 2.24) is 10.2 Å². The van der Waals surface area contributed by atoms with Crippen molar-refractivity contribution in [3.63, 3.8) is 0 Å². The second kappa shape index (κ2) is 6.71. The van der Waals surface area contributed by atoms with Crippen LogP contribution >= 0.6 is 11.8 Å². The normalized spacial score (nSPS) is 12.0. The van der Waals surface area contributed by atoms with Crippen molar-refractivity contribution in [2.75, 3.05) is 0 Å². The Morgan fingerprint density at radius 2 is 1.88 bits per heavy atom. The number of phenols is 1. The Morgan fingerprint density at radius 1 is 1.17 bits per heavy atom. The first-order valence-corrected chi connectivity index (χ1v) is 7.95. The molecule has 1 N–H and O–H groups in total. The van der Waals surface area contributed by atoms with Gasteiger partial charge in [-0.3, -0.25) is 10.1 Å². The zero-order chi connectivity index (χ0) is 17.1. The Bertz CT molecular complexity index is 864. The third kappa shape index (κ3) is 3.38. The van der Waals surface area contributed by atoms with Gasteiger partial charge in [-0.15, -0.1) is 22.0 Å². The maximum Gasteiger partial charge on any atom is 0.269 e. The first-order valence-electron chi connectivity index (χ1n) is 7.07.